The van der Waals surface area contributed by atoms with E-state index in [2.05, 4.69) is 0 Å². The number of amides is 1. The summed E-state index contributed by atoms with van der Waals surface area (Å²) in [5.74, 6) is -1.24. The maximum absolute atomic E-state index is 12.9. The van der Waals surface area contributed by atoms with Crippen LogP contribution in [0.1, 0.15) is 5.56 Å². The van der Waals surface area contributed by atoms with Crippen LogP contribution in [0, 0.1) is 5.82 Å². The van der Waals surface area contributed by atoms with E-state index in [1.807, 2.05) is 0 Å². The molecule has 0 bridgehead atoms. The van der Waals surface area contributed by atoms with E-state index in [-0.39, 0.29) is 6.42 Å². The van der Waals surface area contributed by atoms with Gasteiger partial charge >= 0.3 is 0 Å². The second kappa shape index (κ2) is 5.24. The Balaban J connectivity index is 2.66. The maximum Gasteiger partial charge on any atom is 0.250 e. The Morgan fingerprint density at radius 3 is 2.71 bits per heavy atom. The van der Waals surface area contributed by atoms with Crippen molar-refractivity contribution in [3.8, 4) is 0 Å². The molecule has 0 aliphatic heterocycles. The highest BCUT2D eigenvalue weighted by Gasteiger charge is 2.17. The van der Waals surface area contributed by atoms with E-state index in [0.29, 0.717) is 5.56 Å². The van der Waals surface area contributed by atoms with Crippen molar-refractivity contribution in [3.63, 3.8) is 0 Å². The van der Waals surface area contributed by atoms with Gasteiger partial charge < -0.3 is 5.73 Å². The highest BCUT2D eigenvalue weighted by atomic mass is 32.2. The Morgan fingerprint density at radius 2 is 2.18 bits per heavy atom. The summed E-state index contributed by atoms with van der Waals surface area (Å²) >= 11 is 0. The number of halogens is 1. The zero-order valence-electron chi connectivity index (χ0n) is 9.18. The minimum Gasteiger partial charge on any atom is -0.320 e. The summed E-state index contributed by atoms with van der Waals surface area (Å²) in [7, 11) is -3.62. The molecule has 1 amide bonds. The minimum atomic E-state index is -3.62. The van der Waals surface area contributed by atoms with Gasteiger partial charge in [0.2, 0.25) is 10.0 Å². The van der Waals surface area contributed by atoms with Crippen LogP contribution >= 0.6 is 0 Å². The molecule has 0 aromatic heterocycles. The van der Waals surface area contributed by atoms with E-state index in [1.54, 1.807) is 10.8 Å². The third-order valence-corrected chi connectivity index (χ3v) is 2.54. The van der Waals surface area contributed by atoms with Crippen molar-refractivity contribution in [2.24, 2.45) is 5.73 Å². The predicted molar refractivity (Wildman–Crippen MR) is 61.1 cm³/mol. The third kappa shape index (κ3) is 4.92. The Bertz CT molecular complexity index is 516. The van der Waals surface area contributed by atoms with Crippen LogP contribution in [0.3, 0.4) is 0 Å². The van der Waals surface area contributed by atoms with Crippen LogP contribution < -0.4 is 10.5 Å². The van der Waals surface area contributed by atoms with E-state index in [4.69, 9.17) is 5.73 Å². The van der Waals surface area contributed by atoms with Gasteiger partial charge in [-0.15, -0.1) is 0 Å². The Labute approximate surface area is 98.9 Å². The lowest BCUT2D eigenvalue weighted by molar-refractivity contribution is -0.120. The van der Waals surface area contributed by atoms with Crippen molar-refractivity contribution in [2.45, 2.75) is 12.5 Å². The van der Waals surface area contributed by atoms with Crippen LogP contribution in [-0.2, 0) is 21.2 Å². The normalized spacial score (nSPS) is 13.1. The molecular formula is C10H13FN2O3S. The topological polar surface area (TPSA) is 89.3 Å². The summed E-state index contributed by atoms with van der Waals surface area (Å²) in [5, 5.41) is 0. The first-order chi connectivity index (χ1) is 7.78. The SMILES string of the molecule is CS(=O)(=O)NC(=O)C(N)Cc1cccc(F)c1. The minimum absolute atomic E-state index is 0.0686. The lowest BCUT2D eigenvalue weighted by Gasteiger charge is -2.11. The van der Waals surface area contributed by atoms with E-state index in [1.165, 1.54) is 18.2 Å². The average Bonchev–Trinajstić information content (AvgIpc) is 2.14. The number of sulfonamides is 1. The molecule has 1 atom stereocenters. The van der Waals surface area contributed by atoms with Gasteiger partial charge in [0.05, 0.1) is 12.3 Å². The largest absolute Gasteiger partial charge is 0.320 e. The van der Waals surface area contributed by atoms with Gasteiger partial charge in [0.25, 0.3) is 5.91 Å². The fourth-order valence-corrected chi connectivity index (χ4v) is 1.79. The molecule has 0 heterocycles. The van der Waals surface area contributed by atoms with Crippen molar-refractivity contribution in [2.75, 3.05) is 6.26 Å². The monoisotopic (exact) mass is 260 g/mol. The molecule has 0 fully saturated rings. The van der Waals surface area contributed by atoms with E-state index in [9.17, 15) is 17.6 Å². The fraction of sp³-hybridized carbons (Fsp3) is 0.300. The molecule has 0 spiro atoms. The molecule has 7 heteroatoms. The molecule has 5 nitrogen and oxygen atoms in total. The van der Waals surface area contributed by atoms with Crippen molar-refractivity contribution < 1.29 is 17.6 Å². The molecule has 0 radical (unpaired) electrons. The summed E-state index contributed by atoms with van der Waals surface area (Å²) in [6, 6.07) is 4.58. The van der Waals surface area contributed by atoms with E-state index >= 15 is 0 Å². The second-order valence-corrected chi connectivity index (χ2v) is 5.43. The van der Waals surface area contributed by atoms with Crippen molar-refractivity contribution >= 4 is 15.9 Å². The molecule has 1 rings (SSSR count). The Morgan fingerprint density at radius 1 is 1.53 bits per heavy atom. The summed E-state index contributed by atoms with van der Waals surface area (Å²) in [4.78, 5) is 11.3. The van der Waals surface area contributed by atoms with Gasteiger partial charge in [0.1, 0.15) is 5.82 Å². The van der Waals surface area contributed by atoms with Crippen LogP contribution in [0.15, 0.2) is 24.3 Å². The van der Waals surface area contributed by atoms with Gasteiger partial charge in [-0.05, 0) is 24.1 Å². The molecule has 0 aliphatic rings. The number of hydrogen-bond donors (Lipinski definition) is 2. The van der Waals surface area contributed by atoms with Crippen LogP contribution in [-0.4, -0.2) is 26.6 Å². The summed E-state index contributed by atoms with van der Waals surface area (Å²) in [6.07, 6.45) is 0.929. The molecule has 0 saturated carbocycles. The molecule has 3 N–H and O–H groups in total. The molecule has 94 valence electrons. The quantitative estimate of drug-likeness (QED) is 0.782. The first-order valence-electron chi connectivity index (χ1n) is 4.79. The number of nitrogens with two attached hydrogens (primary N) is 1. The van der Waals surface area contributed by atoms with Gasteiger partial charge in [-0.2, -0.15) is 0 Å². The first kappa shape index (κ1) is 13.6. The molecule has 0 aliphatic carbocycles. The molecule has 0 saturated heterocycles. The van der Waals surface area contributed by atoms with E-state index < -0.39 is 27.8 Å². The summed E-state index contributed by atoms with van der Waals surface area (Å²) in [5.41, 5.74) is 6.04. The first-order valence-corrected chi connectivity index (χ1v) is 6.69. The highest BCUT2D eigenvalue weighted by molar-refractivity contribution is 7.89. The molecular weight excluding hydrogens is 247 g/mol. The van der Waals surface area contributed by atoms with Gasteiger partial charge in [-0.25, -0.2) is 12.8 Å². The van der Waals surface area contributed by atoms with Gasteiger partial charge in [-0.1, -0.05) is 12.1 Å². The van der Waals surface area contributed by atoms with Crippen molar-refractivity contribution in [1.29, 1.82) is 0 Å². The van der Waals surface area contributed by atoms with Gasteiger partial charge in [0, 0.05) is 0 Å². The summed E-state index contributed by atoms with van der Waals surface area (Å²) < 4.78 is 36.2. The smallest absolute Gasteiger partial charge is 0.250 e. The molecule has 1 unspecified atom stereocenters. The van der Waals surface area contributed by atoms with Crippen molar-refractivity contribution in [1.82, 2.24) is 4.72 Å². The number of hydrogen-bond acceptors (Lipinski definition) is 4. The van der Waals surface area contributed by atoms with Gasteiger partial charge in [-0.3, -0.25) is 9.52 Å². The number of carbonyl (C=O) groups excluding carboxylic acids is 1. The zero-order chi connectivity index (χ0) is 13.1. The lowest BCUT2D eigenvalue weighted by Crippen LogP contribution is -2.44. The fourth-order valence-electron chi connectivity index (χ4n) is 1.27. The van der Waals surface area contributed by atoms with Crippen LogP contribution in [0.4, 0.5) is 4.39 Å². The maximum atomic E-state index is 12.9. The predicted octanol–water partition coefficient (Wildman–Crippen LogP) is -0.229. The van der Waals surface area contributed by atoms with Gasteiger partial charge in [0.15, 0.2) is 0 Å². The molecule has 1 aromatic rings. The number of nitrogens with one attached hydrogen (secondary N) is 1. The number of benzene rings is 1. The van der Waals surface area contributed by atoms with Crippen molar-refractivity contribution in [3.05, 3.63) is 35.6 Å². The zero-order valence-corrected chi connectivity index (χ0v) is 10.00. The third-order valence-electron chi connectivity index (χ3n) is 1.97. The Hall–Kier alpha value is -1.47. The molecule has 1 aromatic carbocycles. The summed E-state index contributed by atoms with van der Waals surface area (Å²) in [6.45, 7) is 0. The van der Waals surface area contributed by atoms with E-state index in [0.717, 1.165) is 6.26 Å². The van der Waals surface area contributed by atoms with Crippen LogP contribution in [0.2, 0.25) is 0 Å². The number of carbonyl (C=O) groups is 1. The Kier molecular flexibility index (Phi) is 4.19. The number of rotatable bonds is 4. The van der Waals surface area contributed by atoms with Crippen LogP contribution in [0.5, 0.6) is 0 Å². The van der Waals surface area contributed by atoms with Crippen LogP contribution in [0.25, 0.3) is 0 Å². The molecule has 17 heavy (non-hydrogen) atoms. The average molecular weight is 260 g/mol. The standard InChI is InChI=1S/C10H13FN2O3S/c1-17(15,16)13-10(14)9(12)6-7-3-2-4-8(11)5-7/h2-5,9H,6,12H2,1H3,(H,13,14). The second-order valence-electron chi connectivity index (χ2n) is 3.68. The lowest BCUT2D eigenvalue weighted by atomic mass is 10.1. The highest BCUT2D eigenvalue weighted by Crippen LogP contribution is 2.05.